The van der Waals surface area contributed by atoms with E-state index in [2.05, 4.69) is 11.8 Å². The summed E-state index contributed by atoms with van der Waals surface area (Å²) in [4.78, 5) is 23.1. The van der Waals surface area contributed by atoms with Crippen molar-refractivity contribution in [1.29, 1.82) is 0 Å². The van der Waals surface area contributed by atoms with Crippen LogP contribution in [0.25, 0.3) is 0 Å². The minimum atomic E-state index is -0.917. The number of rotatable bonds is 6. The molecule has 4 nitrogen and oxygen atoms in total. The van der Waals surface area contributed by atoms with Crippen molar-refractivity contribution in [2.75, 3.05) is 13.2 Å². The van der Waals surface area contributed by atoms with Gasteiger partial charge in [0.2, 0.25) is 0 Å². The van der Waals surface area contributed by atoms with Gasteiger partial charge in [-0.3, -0.25) is 9.59 Å². The standard InChI is InChI=1S/C13H20O4/c1-4-7-8-9-10-11(12(14)16-5-2)13(15)17-6-3/h11H,4-7,10H2,1-3H3. The Balaban J connectivity index is 4.46. The van der Waals surface area contributed by atoms with Gasteiger partial charge in [-0.05, 0) is 20.3 Å². The van der Waals surface area contributed by atoms with Crippen molar-refractivity contribution in [2.45, 2.75) is 40.0 Å². The molecule has 0 heterocycles. The largest absolute Gasteiger partial charge is 0.465 e. The van der Waals surface area contributed by atoms with E-state index in [9.17, 15) is 9.59 Å². The van der Waals surface area contributed by atoms with Gasteiger partial charge >= 0.3 is 11.9 Å². The van der Waals surface area contributed by atoms with Gasteiger partial charge in [-0.25, -0.2) is 0 Å². The fraction of sp³-hybridized carbons (Fsp3) is 0.692. The lowest BCUT2D eigenvalue weighted by Gasteiger charge is -2.11. The van der Waals surface area contributed by atoms with Crippen LogP contribution in [0.2, 0.25) is 0 Å². The molecule has 0 atom stereocenters. The molecule has 0 N–H and O–H groups in total. The van der Waals surface area contributed by atoms with E-state index >= 15 is 0 Å². The zero-order valence-corrected chi connectivity index (χ0v) is 10.7. The molecule has 0 aliphatic carbocycles. The average Bonchev–Trinajstić information content (AvgIpc) is 2.29. The van der Waals surface area contributed by atoms with Crippen molar-refractivity contribution in [3.63, 3.8) is 0 Å². The summed E-state index contributed by atoms with van der Waals surface area (Å²) in [5.74, 6) is 3.67. The van der Waals surface area contributed by atoms with Crippen molar-refractivity contribution in [1.82, 2.24) is 0 Å². The normalized spacial score (nSPS) is 9.41. The number of esters is 2. The van der Waals surface area contributed by atoms with E-state index in [4.69, 9.17) is 9.47 Å². The van der Waals surface area contributed by atoms with Gasteiger partial charge in [0.15, 0.2) is 5.92 Å². The molecule has 0 aliphatic heterocycles. The first-order valence-electron chi connectivity index (χ1n) is 5.96. The summed E-state index contributed by atoms with van der Waals surface area (Å²) in [5, 5.41) is 0. The number of hydrogen-bond donors (Lipinski definition) is 0. The summed E-state index contributed by atoms with van der Waals surface area (Å²) in [6.07, 6.45) is 1.88. The highest BCUT2D eigenvalue weighted by Gasteiger charge is 2.28. The second-order valence-electron chi connectivity index (χ2n) is 3.36. The highest BCUT2D eigenvalue weighted by atomic mass is 16.6. The molecule has 17 heavy (non-hydrogen) atoms. The van der Waals surface area contributed by atoms with Crippen LogP contribution in [0.3, 0.4) is 0 Å². The Morgan fingerprint density at radius 3 is 1.94 bits per heavy atom. The predicted octanol–water partition coefficient (Wildman–Crippen LogP) is 1.92. The van der Waals surface area contributed by atoms with Crippen LogP contribution in [0.1, 0.15) is 40.0 Å². The maximum absolute atomic E-state index is 11.5. The van der Waals surface area contributed by atoms with Crippen molar-refractivity contribution < 1.29 is 19.1 Å². The van der Waals surface area contributed by atoms with E-state index in [1.807, 2.05) is 6.92 Å². The molecule has 0 amide bonds. The Morgan fingerprint density at radius 2 is 1.53 bits per heavy atom. The molecular weight excluding hydrogens is 220 g/mol. The van der Waals surface area contributed by atoms with Crippen LogP contribution < -0.4 is 0 Å². The topological polar surface area (TPSA) is 52.6 Å². The van der Waals surface area contributed by atoms with Crippen LogP contribution in [0.5, 0.6) is 0 Å². The minimum absolute atomic E-state index is 0.164. The fourth-order valence-corrected chi connectivity index (χ4v) is 1.14. The molecule has 0 aliphatic rings. The summed E-state index contributed by atoms with van der Waals surface area (Å²) < 4.78 is 9.64. The average molecular weight is 240 g/mol. The Morgan fingerprint density at radius 1 is 1.00 bits per heavy atom. The van der Waals surface area contributed by atoms with Gasteiger partial charge in [0, 0.05) is 12.8 Å². The van der Waals surface area contributed by atoms with Crippen LogP contribution in [-0.2, 0) is 19.1 Å². The van der Waals surface area contributed by atoms with Crippen LogP contribution in [0.4, 0.5) is 0 Å². The van der Waals surface area contributed by atoms with Crippen LogP contribution in [0, 0.1) is 17.8 Å². The molecule has 4 heteroatoms. The lowest BCUT2D eigenvalue weighted by atomic mass is 10.1. The van der Waals surface area contributed by atoms with Gasteiger partial charge in [0.25, 0.3) is 0 Å². The summed E-state index contributed by atoms with van der Waals surface area (Å²) in [6, 6.07) is 0. The molecule has 0 rings (SSSR count). The number of ether oxygens (including phenoxy) is 2. The molecule has 0 spiro atoms. The highest BCUT2D eigenvalue weighted by Crippen LogP contribution is 2.08. The molecule has 0 bridgehead atoms. The molecule has 0 aromatic carbocycles. The highest BCUT2D eigenvalue weighted by molar-refractivity contribution is 5.95. The summed E-state index contributed by atoms with van der Waals surface area (Å²) in [5.41, 5.74) is 0. The van der Waals surface area contributed by atoms with Crippen molar-refractivity contribution in [3.05, 3.63) is 0 Å². The third kappa shape index (κ3) is 6.62. The zero-order chi connectivity index (χ0) is 13.1. The molecule has 0 aromatic rings. The van der Waals surface area contributed by atoms with E-state index in [1.54, 1.807) is 13.8 Å². The molecule has 0 unspecified atom stereocenters. The van der Waals surface area contributed by atoms with Gasteiger partial charge in [-0.2, -0.15) is 0 Å². The monoisotopic (exact) mass is 240 g/mol. The molecule has 0 radical (unpaired) electrons. The Bertz CT molecular complexity index is 280. The lowest BCUT2D eigenvalue weighted by Crippen LogP contribution is -2.27. The van der Waals surface area contributed by atoms with Crippen molar-refractivity contribution in [2.24, 2.45) is 5.92 Å². The molecular formula is C13H20O4. The second kappa shape index (κ2) is 9.71. The van der Waals surface area contributed by atoms with Crippen molar-refractivity contribution >= 4 is 11.9 Å². The van der Waals surface area contributed by atoms with Gasteiger partial charge in [0.1, 0.15) is 0 Å². The number of carbonyl (C=O) groups excluding carboxylic acids is 2. The van der Waals surface area contributed by atoms with Gasteiger partial charge in [-0.1, -0.05) is 6.92 Å². The molecule has 0 aromatic heterocycles. The molecule has 96 valence electrons. The number of carbonyl (C=O) groups is 2. The van der Waals surface area contributed by atoms with E-state index in [-0.39, 0.29) is 19.6 Å². The van der Waals surface area contributed by atoms with E-state index in [1.165, 1.54) is 0 Å². The van der Waals surface area contributed by atoms with E-state index in [0.29, 0.717) is 0 Å². The first-order chi connectivity index (χ1) is 8.17. The quantitative estimate of drug-likeness (QED) is 0.404. The maximum Gasteiger partial charge on any atom is 0.321 e. The summed E-state index contributed by atoms with van der Waals surface area (Å²) in [6.45, 7) is 5.91. The Kier molecular flexibility index (Phi) is 8.85. The SMILES string of the molecule is CCCC#CCC(C(=O)OCC)C(=O)OCC. The van der Waals surface area contributed by atoms with E-state index in [0.717, 1.165) is 12.8 Å². The van der Waals surface area contributed by atoms with Crippen molar-refractivity contribution in [3.8, 4) is 11.8 Å². The minimum Gasteiger partial charge on any atom is -0.465 e. The number of unbranched alkanes of at least 4 members (excludes halogenated alkanes) is 1. The lowest BCUT2D eigenvalue weighted by molar-refractivity contribution is -0.161. The maximum atomic E-state index is 11.5. The van der Waals surface area contributed by atoms with Gasteiger partial charge in [-0.15, -0.1) is 11.8 Å². The molecule has 0 saturated carbocycles. The zero-order valence-electron chi connectivity index (χ0n) is 10.7. The first kappa shape index (κ1) is 15.5. The van der Waals surface area contributed by atoms with Crippen LogP contribution >= 0.6 is 0 Å². The summed E-state index contributed by atoms with van der Waals surface area (Å²) in [7, 11) is 0. The van der Waals surface area contributed by atoms with Gasteiger partial charge in [0.05, 0.1) is 13.2 Å². The Labute approximate surface area is 103 Å². The van der Waals surface area contributed by atoms with Crippen LogP contribution in [-0.4, -0.2) is 25.2 Å². The molecule has 0 saturated heterocycles. The first-order valence-corrected chi connectivity index (χ1v) is 5.96. The second-order valence-corrected chi connectivity index (χ2v) is 3.36. The smallest absolute Gasteiger partial charge is 0.321 e. The third-order valence-electron chi connectivity index (χ3n) is 1.95. The Hall–Kier alpha value is -1.50. The third-order valence-corrected chi connectivity index (χ3v) is 1.95. The number of hydrogen-bond acceptors (Lipinski definition) is 4. The molecule has 0 fully saturated rings. The van der Waals surface area contributed by atoms with Gasteiger partial charge < -0.3 is 9.47 Å². The summed E-state index contributed by atoms with van der Waals surface area (Å²) >= 11 is 0. The predicted molar refractivity (Wildman–Crippen MR) is 64.1 cm³/mol. The van der Waals surface area contributed by atoms with Crippen LogP contribution in [0.15, 0.2) is 0 Å². The fourth-order valence-electron chi connectivity index (χ4n) is 1.14. The van der Waals surface area contributed by atoms with E-state index < -0.39 is 17.9 Å².